The molecule has 1 atom stereocenters. The van der Waals surface area contributed by atoms with Crippen molar-refractivity contribution in [2.75, 3.05) is 50.0 Å². The predicted octanol–water partition coefficient (Wildman–Crippen LogP) is 1.45. The summed E-state index contributed by atoms with van der Waals surface area (Å²) in [5, 5.41) is 0. The minimum atomic E-state index is -1.70. The van der Waals surface area contributed by atoms with Crippen LogP contribution < -0.4 is 4.90 Å². The van der Waals surface area contributed by atoms with Gasteiger partial charge in [-0.05, 0) is 25.0 Å². The molecule has 0 aliphatic carbocycles. The van der Waals surface area contributed by atoms with Gasteiger partial charge in [0, 0.05) is 51.0 Å². The van der Waals surface area contributed by atoms with Crippen LogP contribution >= 0.6 is 0 Å². The van der Waals surface area contributed by atoms with Crippen LogP contribution in [0.2, 0.25) is 0 Å². The maximum Gasteiger partial charge on any atom is 0.167 e. The molecular weight excluding hydrogens is 298 g/mol. The summed E-state index contributed by atoms with van der Waals surface area (Å²) in [6.45, 7) is 6.10. The minimum Gasteiger partial charge on any atom is -0.371 e. The van der Waals surface area contributed by atoms with E-state index in [9.17, 15) is 4.21 Å². The summed E-state index contributed by atoms with van der Waals surface area (Å²) in [5.74, 6) is 0.292. The molecule has 1 aromatic carbocycles. The number of hydrogen-bond donors (Lipinski definition) is 1. The van der Waals surface area contributed by atoms with E-state index in [-0.39, 0.29) is 0 Å². The lowest BCUT2D eigenvalue weighted by Crippen LogP contribution is -2.53. The third-order valence-electron chi connectivity index (χ3n) is 4.80. The van der Waals surface area contributed by atoms with E-state index in [4.69, 9.17) is 4.55 Å². The third-order valence-corrected chi connectivity index (χ3v) is 5.39. The van der Waals surface area contributed by atoms with Gasteiger partial charge in [0.1, 0.15) is 5.88 Å². The Hall–Kier alpha value is -0.950. The molecule has 3 rings (SSSR count). The zero-order valence-corrected chi connectivity index (χ0v) is 13.7. The topological polar surface area (TPSA) is 47.0 Å². The van der Waals surface area contributed by atoms with Crippen LogP contribution in [0.3, 0.4) is 0 Å². The number of piperidine rings is 1. The summed E-state index contributed by atoms with van der Waals surface area (Å²) in [7, 11) is 0. The fourth-order valence-corrected chi connectivity index (χ4v) is 4.11. The van der Waals surface area contributed by atoms with E-state index in [0.717, 1.165) is 39.3 Å². The molecule has 1 unspecified atom stereocenters. The number of benzene rings is 1. The first-order valence-corrected chi connectivity index (χ1v) is 9.34. The highest BCUT2D eigenvalue weighted by Gasteiger charge is 2.27. The van der Waals surface area contributed by atoms with Crippen molar-refractivity contribution in [2.24, 2.45) is 0 Å². The van der Waals surface area contributed by atoms with E-state index >= 15 is 0 Å². The van der Waals surface area contributed by atoms with Crippen LogP contribution in [0, 0.1) is 0 Å². The van der Waals surface area contributed by atoms with E-state index < -0.39 is 11.1 Å². The highest BCUT2D eigenvalue weighted by atomic mass is 32.2. The number of rotatable bonds is 4. The van der Waals surface area contributed by atoms with Gasteiger partial charge in [-0.1, -0.05) is 18.2 Å². The van der Waals surface area contributed by atoms with Crippen molar-refractivity contribution >= 4 is 16.8 Å². The van der Waals surface area contributed by atoms with Gasteiger partial charge in [-0.2, -0.15) is 0 Å². The van der Waals surface area contributed by atoms with Gasteiger partial charge in [0.15, 0.2) is 11.1 Å². The van der Waals surface area contributed by atoms with Crippen LogP contribution in [-0.2, 0) is 11.1 Å². The lowest BCUT2D eigenvalue weighted by Gasteiger charge is -2.43. The summed E-state index contributed by atoms with van der Waals surface area (Å²) in [5.41, 5.74) is 1.33. The first-order valence-electron chi connectivity index (χ1n) is 8.06. The maximum atomic E-state index is 10.9. The first kappa shape index (κ1) is 15.9. The molecule has 0 aromatic heterocycles. The predicted molar refractivity (Wildman–Crippen MR) is 90.5 cm³/mol. The van der Waals surface area contributed by atoms with E-state index in [1.807, 2.05) is 0 Å². The summed E-state index contributed by atoms with van der Waals surface area (Å²) >= 11 is -1.70. The summed E-state index contributed by atoms with van der Waals surface area (Å²) in [4.78, 5) is 7.13. The molecule has 1 aromatic rings. The largest absolute Gasteiger partial charge is 0.371 e. The zero-order chi connectivity index (χ0) is 15.4. The van der Waals surface area contributed by atoms with Gasteiger partial charge in [-0.25, -0.2) is 4.21 Å². The minimum absolute atomic E-state index is 0.292. The Balaban J connectivity index is 1.45. The molecule has 2 fully saturated rings. The quantitative estimate of drug-likeness (QED) is 0.850. The van der Waals surface area contributed by atoms with Gasteiger partial charge in [0.25, 0.3) is 0 Å². The van der Waals surface area contributed by atoms with Gasteiger partial charge >= 0.3 is 0 Å². The van der Waals surface area contributed by atoms with Gasteiger partial charge in [0.05, 0.1) is 0 Å². The molecule has 2 heterocycles. The van der Waals surface area contributed by atoms with Crippen molar-refractivity contribution in [3.63, 3.8) is 0 Å². The number of anilines is 1. The third kappa shape index (κ3) is 4.07. The Morgan fingerprint density at radius 3 is 2.23 bits per heavy atom. The molecule has 0 amide bonds. The highest BCUT2D eigenvalue weighted by Crippen LogP contribution is 2.23. The number of para-hydroxylation sites is 1. The van der Waals surface area contributed by atoms with Crippen molar-refractivity contribution in [2.45, 2.75) is 18.9 Å². The molecule has 0 saturated carbocycles. The molecule has 0 bridgehead atoms. The number of hydrogen-bond acceptors (Lipinski definition) is 4. The Kier molecular flexibility index (Phi) is 5.46. The van der Waals surface area contributed by atoms with Crippen molar-refractivity contribution in [3.05, 3.63) is 30.3 Å². The molecule has 5 nitrogen and oxygen atoms in total. The van der Waals surface area contributed by atoms with Crippen LogP contribution in [0.4, 0.5) is 5.69 Å². The molecule has 2 aliphatic rings. The van der Waals surface area contributed by atoms with E-state index in [1.165, 1.54) is 18.5 Å². The van der Waals surface area contributed by atoms with Crippen LogP contribution in [0.5, 0.6) is 0 Å². The molecule has 0 spiro atoms. The normalized spacial score (nSPS) is 23.6. The highest BCUT2D eigenvalue weighted by molar-refractivity contribution is 7.79. The fraction of sp³-hybridized carbons (Fsp3) is 0.625. The van der Waals surface area contributed by atoms with Crippen molar-refractivity contribution in [1.82, 2.24) is 9.80 Å². The summed E-state index contributed by atoms with van der Waals surface area (Å²) in [6.07, 6.45) is 2.42. The maximum absolute atomic E-state index is 10.9. The molecule has 2 aliphatic heterocycles. The summed E-state index contributed by atoms with van der Waals surface area (Å²) < 4.78 is 19.8. The second kappa shape index (κ2) is 7.55. The second-order valence-corrected chi connectivity index (χ2v) is 7.06. The first-order chi connectivity index (χ1) is 10.7. The second-order valence-electron chi connectivity index (χ2n) is 6.16. The lowest BCUT2D eigenvalue weighted by atomic mass is 10.0. The molecular formula is C16H25N3O2S. The Morgan fingerprint density at radius 2 is 1.64 bits per heavy atom. The van der Waals surface area contributed by atoms with Crippen LogP contribution in [-0.4, -0.2) is 69.7 Å². The summed E-state index contributed by atoms with van der Waals surface area (Å²) in [6, 6.07) is 11.3. The van der Waals surface area contributed by atoms with Crippen molar-refractivity contribution in [1.29, 1.82) is 0 Å². The van der Waals surface area contributed by atoms with Gasteiger partial charge in [-0.15, -0.1) is 0 Å². The molecule has 2 saturated heterocycles. The van der Waals surface area contributed by atoms with Gasteiger partial charge < -0.3 is 9.45 Å². The van der Waals surface area contributed by atoms with Crippen molar-refractivity contribution in [3.8, 4) is 0 Å². The Bertz CT molecular complexity index is 483. The molecule has 122 valence electrons. The Labute approximate surface area is 135 Å². The van der Waals surface area contributed by atoms with E-state index in [2.05, 4.69) is 45.0 Å². The van der Waals surface area contributed by atoms with Crippen molar-refractivity contribution < 1.29 is 8.76 Å². The zero-order valence-electron chi connectivity index (χ0n) is 12.9. The van der Waals surface area contributed by atoms with Crippen LogP contribution in [0.1, 0.15) is 12.8 Å². The lowest BCUT2D eigenvalue weighted by molar-refractivity contribution is 0.0940. The molecule has 0 radical (unpaired) electrons. The average molecular weight is 323 g/mol. The van der Waals surface area contributed by atoms with Gasteiger partial charge in [-0.3, -0.25) is 9.80 Å². The number of nitrogens with zero attached hydrogens (tertiary/aromatic N) is 3. The Morgan fingerprint density at radius 1 is 1.00 bits per heavy atom. The monoisotopic (exact) mass is 323 g/mol. The molecule has 1 N–H and O–H groups in total. The standard InChI is InChI=1S/C16H25N3O2S/c20-22(21)14-17-10-12-19(13-11-17)16-6-8-18(9-7-16)15-4-2-1-3-5-15/h1-5,16H,6-14H2,(H,20,21). The van der Waals surface area contributed by atoms with Gasteiger partial charge in [0.2, 0.25) is 0 Å². The number of piperazine rings is 1. The SMILES string of the molecule is O=S(O)CN1CCN(C2CCN(c3ccccc3)CC2)CC1. The fourth-order valence-electron chi connectivity index (χ4n) is 3.54. The van der Waals surface area contributed by atoms with Crippen LogP contribution in [0.15, 0.2) is 30.3 Å². The molecule has 6 heteroatoms. The van der Waals surface area contributed by atoms with E-state index in [0.29, 0.717) is 11.9 Å². The smallest absolute Gasteiger partial charge is 0.167 e. The molecule has 22 heavy (non-hydrogen) atoms. The average Bonchev–Trinajstić information content (AvgIpc) is 2.56. The van der Waals surface area contributed by atoms with E-state index in [1.54, 1.807) is 0 Å². The van der Waals surface area contributed by atoms with Crippen LogP contribution in [0.25, 0.3) is 0 Å².